The SMILES string of the molecule is N#CCSc1ccccc1NC(=O)COC(=O)c1cc(Br)ccc1Cl. The number of para-hydroxylation sites is 1. The van der Waals surface area contributed by atoms with Gasteiger partial charge in [0.1, 0.15) is 0 Å². The highest BCUT2D eigenvalue weighted by Gasteiger charge is 2.15. The lowest BCUT2D eigenvalue weighted by molar-refractivity contribution is -0.119. The van der Waals surface area contributed by atoms with E-state index in [-0.39, 0.29) is 16.3 Å². The number of esters is 1. The summed E-state index contributed by atoms with van der Waals surface area (Å²) in [6.07, 6.45) is 0. The van der Waals surface area contributed by atoms with Crippen molar-refractivity contribution in [1.82, 2.24) is 0 Å². The summed E-state index contributed by atoms with van der Waals surface area (Å²) >= 11 is 10.5. The smallest absolute Gasteiger partial charge is 0.340 e. The van der Waals surface area contributed by atoms with Gasteiger partial charge < -0.3 is 10.1 Å². The number of hydrogen-bond acceptors (Lipinski definition) is 5. The Balaban J connectivity index is 1.96. The van der Waals surface area contributed by atoms with Crippen molar-refractivity contribution in [3.8, 4) is 6.07 Å². The Morgan fingerprint density at radius 2 is 2.04 bits per heavy atom. The van der Waals surface area contributed by atoms with Gasteiger partial charge in [-0.3, -0.25) is 4.79 Å². The fourth-order valence-corrected chi connectivity index (χ4v) is 3.08. The minimum absolute atomic E-state index is 0.175. The monoisotopic (exact) mass is 438 g/mol. The summed E-state index contributed by atoms with van der Waals surface area (Å²) in [5.41, 5.74) is 0.734. The molecule has 2 rings (SSSR count). The topological polar surface area (TPSA) is 79.2 Å². The van der Waals surface area contributed by atoms with E-state index in [9.17, 15) is 9.59 Å². The summed E-state index contributed by atoms with van der Waals surface area (Å²) < 4.78 is 5.68. The van der Waals surface area contributed by atoms with Crippen LogP contribution in [0, 0.1) is 11.3 Å². The third-order valence-electron chi connectivity index (χ3n) is 2.94. The van der Waals surface area contributed by atoms with E-state index in [0.29, 0.717) is 10.2 Å². The van der Waals surface area contributed by atoms with E-state index >= 15 is 0 Å². The molecule has 0 saturated carbocycles. The van der Waals surface area contributed by atoms with Gasteiger partial charge in [0.25, 0.3) is 5.91 Å². The third-order valence-corrected chi connectivity index (χ3v) is 4.70. The Morgan fingerprint density at radius 1 is 1.28 bits per heavy atom. The second-order valence-electron chi connectivity index (χ2n) is 4.69. The molecule has 25 heavy (non-hydrogen) atoms. The zero-order chi connectivity index (χ0) is 18.2. The van der Waals surface area contributed by atoms with Crippen LogP contribution in [-0.2, 0) is 9.53 Å². The molecule has 0 aliphatic heterocycles. The fraction of sp³-hybridized carbons (Fsp3) is 0.118. The Hall–Kier alpha value is -2.01. The molecule has 2 aromatic rings. The van der Waals surface area contributed by atoms with Crippen LogP contribution in [0.1, 0.15) is 10.4 Å². The van der Waals surface area contributed by atoms with Crippen molar-refractivity contribution >= 4 is 56.9 Å². The van der Waals surface area contributed by atoms with Crippen molar-refractivity contribution in [3.63, 3.8) is 0 Å². The van der Waals surface area contributed by atoms with Crippen molar-refractivity contribution in [2.45, 2.75) is 4.90 Å². The standard InChI is InChI=1S/C17H12BrClN2O3S/c18-11-5-6-13(19)12(9-11)17(23)24-10-16(22)21-14-3-1-2-4-15(14)25-8-7-20/h1-6,9H,8,10H2,(H,21,22). The number of ether oxygens (including phenoxy) is 1. The highest BCUT2D eigenvalue weighted by molar-refractivity contribution is 9.10. The number of anilines is 1. The number of nitrogens with one attached hydrogen (secondary N) is 1. The van der Waals surface area contributed by atoms with Crippen molar-refractivity contribution < 1.29 is 14.3 Å². The van der Waals surface area contributed by atoms with Gasteiger partial charge in [-0.25, -0.2) is 4.79 Å². The summed E-state index contributed by atoms with van der Waals surface area (Å²) in [6.45, 7) is -0.446. The van der Waals surface area contributed by atoms with Crippen molar-refractivity contribution in [2.24, 2.45) is 0 Å². The number of amides is 1. The molecule has 8 heteroatoms. The number of benzene rings is 2. The predicted molar refractivity (Wildman–Crippen MR) is 101 cm³/mol. The number of hydrogen-bond donors (Lipinski definition) is 1. The molecule has 5 nitrogen and oxygen atoms in total. The number of nitriles is 1. The van der Waals surface area contributed by atoms with E-state index in [1.165, 1.54) is 17.8 Å². The van der Waals surface area contributed by atoms with Gasteiger partial charge in [0, 0.05) is 9.37 Å². The zero-order valence-corrected chi connectivity index (χ0v) is 16.0. The highest BCUT2D eigenvalue weighted by atomic mass is 79.9. The van der Waals surface area contributed by atoms with Gasteiger partial charge >= 0.3 is 5.97 Å². The molecule has 0 aliphatic rings. The van der Waals surface area contributed by atoms with Gasteiger partial charge in [0.05, 0.1) is 28.1 Å². The summed E-state index contributed by atoms with van der Waals surface area (Å²) in [7, 11) is 0. The fourth-order valence-electron chi connectivity index (χ4n) is 1.85. The average Bonchev–Trinajstić information content (AvgIpc) is 2.61. The van der Waals surface area contributed by atoms with E-state index in [4.69, 9.17) is 21.6 Å². The van der Waals surface area contributed by atoms with E-state index in [0.717, 1.165) is 4.90 Å². The molecule has 0 aliphatic carbocycles. The van der Waals surface area contributed by atoms with E-state index < -0.39 is 18.5 Å². The maximum atomic E-state index is 12.0. The average molecular weight is 440 g/mol. The Morgan fingerprint density at radius 3 is 2.80 bits per heavy atom. The van der Waals surface area contributed by atoms with Crippen LogP contribution < -0.4 is 5.32 Å². The maximum absolute atomic E-state index is 12.0. The van der Waals surface area contributed by atoms with Gasteiger partial charge in [-0.1, -0.05) is 39.7 Å². The quantitative estimate of drug-likeness (QED) is 0.529. The predicted octanol–water partition coefficient (Wildman–Crippen LogP) is 4.51. The second kappa shape index (κ2) is 9.47. The van der Waals surface area contributed by atoms with Crippen LogP contribution in [-0.4, -0.2) is 24.2 Å². The molecule has 0 radical (unpaired) electrons. The summed E-state index contributed by atoms with van der Waals surface area (Å²) in [4.78, 5) is 24.8. The van der Waals surface area contributed by atoms with Gasteiger partial charge in [0.15, 0.2) is 6.61 Å². The molecule has 2 aromatic carbocycles. The lowest BCUT2D eigenvalue weighted by atomic mass is 10.2. The zero-order valence-electron chi connectivity index (χ0n) is 12.8. The lowest BCUT2D eigenvalue weighted by Gasteiger charge is -2.10. The Kier molecular flexibility index (Phi) is 7.31. The number of halogens is 2. The largest absolute Gasteiger partial charge is 0.452 e. The van der Waals surface area contributed by atoms with Gasteiger partial charge in [0.2, 0.25) is 0 Å². The number of thioether (sulfide) groups is 1. The number of rotatable bonds is 6. The number of carbonyl (C=O) groups is 2. The normalized spacial score (nSPS) is 9.96. The molecule has 0 unspecified atom stereocenters. The van der Waals surface area contributed by atoms with Crippen LogP contribution in [0.5, 0.6) is 0 Å². The minimum atomic E-state index is -0.686. The molecule has 0 heterocycles. The van der Waals surface area contributed by atoms with Crippen LogP contribution in [0.2, 0.25) is 5.02 Å². The molecular weight excluding hydrogens is 428 g/mol. The van der Waals surface area contributed by atoms with Crippen molar-refractivity contribution in [3.05, 3.63) is 57.5 Å². The first-order valence-electron chi connectivity index (χ1n) is 7.02. The van der Waals surface area contributed by atoms with Crippen LogP contribution in [0.25, 0.3) is 0 Å². The van der Waals surface area contributed by atoms with Crippen molar-refractivity contribution in [2.75, 3.05) is 17.7 Å². The van der Waals surface area contributed by atoms with Crippen LogP contribution in [0.4, 0.5) is 5.69 Å². The summed E-state index contributed by atoms with van der Waals surface area (Å²) in [5.74, 6) is -0.901. The molecule has 0 bridgehead atoms. The molecule has 0 saturated heterocycles. The van der Waals surface area contributed by atoms with Crippen LogP contribution >= 0.6 is 39.3 Å². The first-order valence-corrected chi connectivity index (χ1v) is 9.17. The van der Waals surface area contributed by atoms with Crippen LogP contribution in [0.3, 0.4) is 0 Å². The first-order chi connectivity index (χ1) is 12.0. The van der Waals surface area contributed by atoms with E-state index in [1.807, 2.05) is 12.1 Å². The molecule has 128 valence electrons. The summed E-state index contributed by atoms with van der Waals surface area (Å²) in [5, 5.41) is 11.6. The molecule has 0 spiro atoms. The Bertz CT molecular complexity index is 839. The highest BCUT2D eigenvalue weighted by Crippen LogP contribution is 2.26. The molecule has 1 amide bonds. The maximum Gasteiger partial charge on any atom is 0.340 e. The van der Waals surface area contributed by atoms with E-state index in [2.05, 4.69) is 21.2 Å². The van der Waals surface area contributed by atoms with Crippen LogP contribution in [0.15, 0.2) is 51.8 Å². The molecule has 1 N–H and O–H groups in total. The molecule has 0 atom stereocenters. The Labute approximate surface area is 162 Å². The van der Waals surface area contributed by atoms with Gasteiger partial charge in [-0.05, 0) is 30.3 Å². The minimum Gasteiger partial charge on any atom is -0.452 e. The van der Waals surface area contributed by atoms with Crippen molar-refractivity contribution in [1.29, 1.82) is 5.26 Å². The van der Waals surface area contributed by atoms with Gasteiger partial charge in [-0.15, -0.1) is 11.8 Å². The molecular formula is C17H12BrClN2O3S. The lowest BCUT2D eigenvalue weighted by Crippen LogP contribution is -2.21. The second-order valence-corrected chi connectivity index (χ2v) is 7.03. The molecule has 0 aromatic heterocycles. The van der Waals surface area contributed by atoms with Gasteiger partial charge in [-0.2, -0.15) is 5.26 Å². The number of carbonyl (C=O) groups excluding carboxylic acids is 2. The summed E-state index contributed by atoms with van der Waals surface area (Å²) in [6, 6.07) is 13.9. The third kappa shape index (κ3) is 5.78. The molecule has 0 fully saturated rings. The first kappa shape index (κ1) is 19.3. The van der Waals surface area contributed by atoms with E-state index in [1.54, 1.807) is 30.3 Å². The number of nitrogens with zero attached hydrogens (tertiary/aromatic N) is 1.